The van der Waals surface area contributed by atoms with Gasteiger partial charge in [0.2, 0.25) is 11.9 Å². The molecule has 0 atom stereocenters. The molecule has 178 valence electrons. The van der Waals surface area contributed by atoms with Crippen LogP contribution in [-0.4, -0.2) is 30.7 Å². The summed E-state index contributed by atoms with van der Waals surface area (Å²) in [4.78, 5) is 24.4. The highest BCUT2D eigenvalue weighted by Crippen LogP contribution is 2.20. The van der Waals surface area contributed by atoms with Crippen LogP contribution in [0.25, 0.3) is 11.8 Å². The molecule has 4 rings (SSSR count). The number of esters is 1. The van der Waals surface area contributed by atoms with Crippen molar-refractivity contribution in [2.24, 2.45) is 0 Å². The van der Waals surface area contributed by atoms with Crippen LogP contribution in [0.3, 0.4) is 0 Å². The summed E-state index contributed by atoms with van der Waals surface area (Å²) in [7, 11) is 0. The van der Waals surface area contributed by atoms with Crippen molar-refractivity contribution in [2.75, 3.05) is 11.1 Å². The molecule has 0 spiro atoms. The van der Waals surface area contributed by atoms with E-state index in [0.29, 0.717) is 17.1 Å². The highest BCUT2D eigenvalue weighted by Gasteiger charge is 2.12. The van der Waals surface area contributed by atoms with Crippen LogP contribution < -0.4 is 11.1 Å². The van der Waals surface area contributed by atoms with Crippen molar-refractivity contribution >= 4 is 29.6 Å². The summed E-state index contributed by atoms with van der Waals surface area (Å²) in [5.74, 6) is -1.13. The third-order valence-electron chi connectivity index (χ3n) is 4.95. The number of nitrogens with one attached hydrogen (secondary N) is 1. The molecule has 11 heteroatoms. The van der Waals surface area contributed by atoms with E-state index in [1.165, 1.54) is 42.5 Å². The number of carbonyl (C=O) groups excluding carboxylic acids is 1. The summed E-state index contributed by atoms with van der Waals surface area (Å²) >= 11 is 0. The zero-order valence-electron chi connectivity index (χ0n) is 18.9. The molecule has 9 nitrogen and oxygen atoms in total. The normalized spacial score (nSPS) is 11.1. The van der Waals surface area contributed by atoms with Crippen molar-refractivity contribution in [3.8, 4) is 5.69 Å². The maximum atomic E-state index is 13.2. The summed E-state index contributed by atoms with van der Waals surface area (Å²) in [6, 6.07) is 11.6. The van der Waals surface area contributed by atoms with Crippen LogP contribution in [0.5, 0.6) is 0 Å². The number of carbonyl (C=O) groups is 1. The molecule has 0 unspecified atom stereocenters. The van der Waals surface area contributed by atoms with E-state index in [4.69, 9.17) is 10.5 Å². The first-order chi connectivity index (χ1) is 16.8. The minimum absolute atomic E-state index is 0.0642. The highest BCUT2D eigenvalue weighted by molar-refractivity contribution is 5.87. The number of ether oxygens (including phenoxy) is 1. The fourth-order valence-corrected chi connectivity index (χ4v) is 3.29. The van der Waals surface area contributed by atoms with Gasteiger partial charge in [-0.2, -0.15) is 20.1 Å². The fraction of sp³-hybridized carbons (Fsp3) is 0.125. The Morgan fingerprint density at radius 3 is 2.37 bits per heavy atom. The van der Waals surface area contributed by atoms with Crippen molar-refractivity contribution in [1.29, 1.82) is 0 Å². The number of benzene rings is 2. The number of hydrogen-bond acceptors (Lipinski definition) is 8. The molecule has 0 saturated carbocycles. The Kier molecular flexibility index (Phi) is 6.76. The Balaban J connectivity index is 1.41. The van der Waals surface area contributed by atoms with Crippen LogP contribution in [0.15, 0.2) is 54.6 Å². The number of nitrogens with zero attached hydrogens (tertiary/aromatic N) is 5. The van der Waals surface area contributed by atoms with Gasteiger partial charge in [-0.1, -0.05) is 0 Å². The second-order valence-electron chi connectivity index (χ2n) is 7.48. The molecule has 0 amide bonds. The molecular formula is C24H21F2N7O2. The predicted octanol–water partition coefficient (Wildman–Crippen LogP) is 4.03. The van der Waals surface area contributed by atoms with E-state index >= 15 is 0 Å². The first-order valence-electron chi connectivity index (χ1n) is 10.5. The molecular weight excluding hydrogens is 456 g/mol. The van der Waals surface area contributed by atoms with Gasteiger partial charge in [0.1, 0.15) is 11.6 Å². The van der Waals surface area contributed by atoms with Gasteiger partial charge >= 0.3 is 5.97 Å². The number of halogens is 2. The largest absolute Gasteiger partial charge is 0.454 e. The number of rotatable bonds is 7. The van der Waals surface area contributed by atoms with E-state index in [1.807, 2.05) is 6.92 Å². The molecule has 0 fully saturated rings. The number of nitrogen functional groups attached to an aromatic ring is 1. The summed E-state index contributed by atoms with van der Waals surface area (Å²) < 4.78 is 33.2. The molecule has 0 saturated heterocycles. The van der Waals surface area contributed by atoms with Gasteiger partial charge < -0.3 is 15.8 Å². The fourth-order valence-electron chi connectivity index (χ4n) is 3.29. The van der Waals surface area contributed by atoms with Crippen LogP contribution in [0.2, 0.25) is 0 Å². The topological polar surface area (TPSA) is 121 Å². The van der Waals surface area contributed by atoms with Crippen molar-refractivity contribution in [2.45, 2.75) is 20.5 Å². The van der Waals surface area contributed by atoms with E-state index in [9.17, 15) is 13.6 Å². The summed E-state index contributed by atoms with van der Waals surface area (Å²) in [6.45, 7) is 3.42. The van der Waals surface area contributed by atoms with Crippen molar-refractivity contribution in [1.82, 2.24) is 24.7 Å². The van der Waals surface area contributed by atoms with Gasteiger partial charge in [-0.3, -0.25) is 0 Å². The van der Waals surface area contributed by atoms with Gasteiger partial charge in [-0.25, -0.2) is 18.3 Å². The number of anilines is 3. The van der Waals surface area contributed by atoms with E-state index < -0.39 is 5.97 Å². The van der Waals surface area contributed by atoms with Crippen molar-refractivity contribution in [3.63, 3.8) is 0 Å². The molecule has 0 bridgehead atoms. The molecule has 4 aromatic rings. The van der Waals surface area contributed by atoms with E-state index in [1.54, 1.807) is 29.8 Å². The van der Waals surface area contributed by atoms with E-state index in [2.05, 4.69) is 25.4 Å². The molecule has 35 heavy (non-hydrogen) atoms. The third kappa shape index (κ3) is 5.82. The average molecular weight is 477 g/mol. The third-order valence-corrected chi connectivity index (χ3v) is 4.95. The minimum atomic E-state index is -0.620. The quantitative estimate of drug-likeness (QED) is 0.302. The SMILES string of the molecule is Cc1nn(-c2ccc(F)cc2)c(C)c1/C=C/C(=O)OCc1nc(N)nc(Nc2ccc(F)cc2)n1. The second kappa shape index (κ2) is 10.1. The van der Waals surface area contributed by atoms with E-state index in [-0.39, 0.29) is 36.0 Å². The number of aromatic nitrogens is 5. The van der Waals surface area contributed by atoms with Gasteiger partial charge in [0.25, 0.3) is 0 Å². The van der Waals surface area contributed by atoms with Crippen LogP contribution in [0.1, 0.15) is 22.8 Å². The van der Waals surface area contributed by atoms with Crippen LogP contribution in [-0.2, 0) is 16.1 Å². The van der Waals surface area contributed by atoms with Crippen LogP contribution >= 0.6 is 0 Å². The van der Waals surface area contributed by atoms with Gasteiger partial charge in [0, 0.05) is 23.0 Å². The first-order valence-corrected chi connectivity index (χ1v) is 10.5. The molecule has 0 aliphatic rings. The lowest BCUT2D eigenvalue weighted by Crippen LogP contribution is -2.10. The lowest BCUT2D eigenvalue weighted by atomic mass is 10.2. The van der Waals surface area contributed by atoms with Gasteiger partial charge in [0.15, 0.2) is 12.4 Å². The monoisotopic (exact) mass is 477 g/mol. The Hall–Kier alpha value is -4.67. The van der Waals surface area contributed by atoms with Gasteiger partial charge in [0.05, 0.1) is 11.4 Å². The number of nitrogens with two attached hydrogens (primary N) is 1. The Morgan fingerprint density at radius 2 is 1.69 bits per heavy atom. The highest BCUT2D eigenvalue weighted by atomic mass is 19.1. The molecule has 0 aliphatic carbocycles. The molecule has 2 aromatic carbocycles. The van der Waals surface area contributed by atoms with Gasteiger partial charge in [-0.05, 0) is 68.5 Å². The van der Waals surface area contributed by atoms with Crippen LogP contribution in [0.4, 0.5) is 26.4 Å². The smallest absolute Gasteiger partial charge is 0.331 e. The summed E-state index contributed by atoms with van der Waals surface area (Å²) in [6.07, 6.45) is 2.87. The van der Waals surface area contributed by atoms with Crippen molar-refractivity contribution < 1.29 is 18.3 Å². The Morgan fingerprint density at radius 1 is 1.03 bits per heavy atom. The molecule has 3 N–H and O–H groups in total. The maximum Gasteiger partial charge on any atom is 0.331 e. The standard InChI is InChI=1S/C24H21F2N7O2/c1-14-20(15(2)33(32-14)19-9-5-17(26)6-10-19)11-12-22(34)35-13-21-29-23(27)31-24(30-21)28-18-7-3-16(25)4-8-18/h3-12H,13H2,1-2H3,(H3,27,28,29,30,31)/b12-11+. The first kappa shape index (κ1) is 23.5. The molecule has 2 aromatic heterocycles. The number of hydrogen-bond donors (Lipinski definition) is 2. The lowest BCUT2D eigenvalue weighted by Gasteiger charge is -2.07. The molecule has 2 heterocycles. The zero-order valence-corrected chi connectivity index (χ0v) is 18.9. The number of aryl methyl sites for hydroxylation is 1. The van der Waals surface area contributed by atoms with Crippen molar-refractivity contribution in [3.05, 3.63) is 89.0 Å². The predicted molar refractivity (Wildman–Crippen MR) is 126 cm³/mol. The average Bonchev–Trinajstić information content (AvgIpc) is 3.11. The van der Waals surface area contributed by atoms with E-state index in [0.717, 1.165) is 11.3 Å². The maximum absolute atomic E-state index is 13.2. The van der Waals surface area contributed by atoms with Crippen LogP contribution in [0, 0.1) is 25.5 Å². The minimum Gasteiger partial charge on any atom is -0.454 e. The Bertz CT molecular complexity index is 1380. The second-order valence-corrected chi connectivity index (χ2v) is 7.48. The molecule has 0 radical (unpaired) electrons. The Labute approximate surface area is 199 Å². The summed E-state index contributed by atoms with van der Waals surface area (Å²) in [5.41, 5.74) is 9.18. The molecule has 0 aliphatic heterocycles. The van der Waals surface area contributed by atoms with Gasteiger partial charge in [-0.15, -0.1) is 0 Å². The summed E-state index contributed by atoms with van der Waals surface area (Å²) in [5, 5.41) is 7.35. The zero-order chi connectivity index (χ0) is 24.9. The lowest BCUT2D eigenvalue weighted by molar-refractivity contribution is -0.139.